The van der Waals surface area contributed by atoms with Gasteiger partial charge >= 0.3 is 0 Å². The monoisotopic (exact) mass is 356 g/mol. The highest BCUT2D eigenvalue weighted by Gasteiger charge is 2.31. The lowest BCUT2D eigenvalue weighted by molar-refractivity contribution is -0.384. The van der Waals surface area contributed by atoms with E-state index < -0.39 is 31.0 Å². The van der Waals surface area contributed by atoms with E-state index in [0.717, 1.165) is 37.1 Å². The molecule has 0 spiro atoms. The Bertz CT molecular complexity index is 827. The fourth-order valence-electron chi connectivity index (χ4n) is 2.50. The van der Waals surface area contributed by atoms with Gasteiger partial charge in [0.1, 0.15) is 0 Å². The third-order valence-corrected chi connectivity index (χ3v) is 6.84. The molecule has 0 saturated heterocycles. The summed E-state index contributed by atoms with van der Waals surface area (Å²) in [6, 6.07) is 6.30. The van der Waals surface area contributed by atoms with E-state index in [-0.39, 0.29) is 16.3 Å². The maximum Gasteiger partial charge on any atom is 0.269 e. The normalized spacial score (nSPS) is 18.4. The van der Waals surface area contributed by atoms with Crippen LogP contribution in [0.15, 0.2) is 32.9 Å². The van der Waals surface area contributed by atoms with Crippen LogP contribution in [0.3, 0.4) is 0 Å². The summed E-state index contributed by atoms with van der Waals surface area (Å²) < 4.78 is 39.5. The van der Waals surface area contributed by atoms with Gasteiger partial charge in [0, 0.05) is 17.5 Å². The second-order valence-corrected chi connectivity index (χ2v) is 8.32. The van der Waals surface area contributed by atoms with Crippen molar-refractivity contribution in [1.29, 1.82) is 5.26 Å². The zero-order chi connectivity index (χ0) is 17.1. The third-order valence-electron chi connectivity index (χ3n) is 3.72. The van der Waals surface area contributed by atoms with Crippen molar-refractivity contribution >= 4 is 26.3 Å². The van der Waals surface area contributed by atoms with Crippen LogP contribution in [0.1, 0.15) is 25.7 Å². The topological polar surface area (TPSA) is 130 Å². The Hall–Kier alpha value is -1.99. The molecule has 0 aliphatic heterocycles. The molecule has 0 heterocycles. The first kappa shape index (κ1) is 17.4. The molecule has 0 unspecified atom stereocenters. The molecular weight excluding hydrogens is 342 g/mol. The summed E-state index contributed by atoms with van der Waals surface area (Å²) in [5, 5.41) is 19.8. The van der Waals surface area contributed by atoms with Gasteiger partial charge in [-0.1, -0.05) is 18.6 Å². The minimum atomic E-state index is -4.19. The van der Waals surface area contributed by atoms with Gasteiger partial charge in [0.05, 0.1) is 15.9 Å². The van der Waals surface area contributed by atoms with Crippen LogP contribution in [0.4, 0.5) is 5.69 Å². The number of sulfonamides is 1. The Labute approximate surface area is 135 Å². The Morgan fingerprint density at radius 3 is 2.35 bits per heavy atom. The summed E-state index contributed by atoms with van der Waals surface area (Å²) in [6.45, 7) is 0. The van der Waals surface area contributed by atoms with Gasteiger partial charge in [-0.3, -0.25) is 13.9 Å². The van der Waals surface area contributed by atoms with Crippen molar-refractivity contribution in [2.75, 3.05) is 5.75 Å². The summed E-state index contributed by atoms with van der Waals surface area (Å²) in [4.78, 5) is 9.63. The van der Waals surface area contributed by atoms with Gasteiger partial charge in [0.2, 0.25) is 0 Å². The van der Waals surface area contributed by atoms with E-state index in [1.807, 2.05) is 0 Å². The molecule has 1 aliphatic carbocycles. The maximum absolute atomic E-state index is 12.1. The van der Waals surface area contributed by atoms with E-state index in [9.17, 15) is 28.0 Å². The number of rotatable bonds is 5. The summed E-state index contributed by atoms with van der Waals surface area (Å²) >= 11 is 0. The summed E-state index contributed by atoms with van der Waals surface area (Å²) in [6.07, 6.45) is 2.87. The third kappa shape index (κ3) is 4.05. The van der Waals surface area contributed by atoms with Crippen molar-refractivity contribution in [3.8, 4) is 6.07 Å². The van der Waals surface area contributed by atoms with Crippen LogP contribution in [0.25, 0.3) is 0 Å². The number of nitrogens with zero attached hydrogens (tertiary/aromatic N) is 3. The highest BCUT2D eigenvalue weighted by Crippen LogP contribution is 2.37. The second kappa shape index (κ2) is 6.64. The Morgan fingerprint density at radius 2 is 1.87 bits per heavy atom. The molecule has 1 aliphatic rings. The van der Waals surface area contributed by atoms with Crippen LogP contribution < -0.4 is 0 Å². The van der Waals surface area contributed by atoms with Crippen LogP contribution in [-0.4, -0.2) is 19.1 Å². The molecule has 0 N–H and O–H groups in total. The fraction of sp³-hybridized carbons (Fsp3) is 0.462. The average molecular weight is 356 g/mol. The Kier molecular flexibility index (Phi) is 5.01. The van der Waals surface area contributed by atoms with Crippen molar-refractivity contribution in [3.05, 3.63) is 34.4 Å². The van der Waals surface area contributed by atoms with Crippen LogP contribution in [-0.2, 0) is 24.8 Å². The zero-order valence-electron chi connectivity index (χ0n) is 12.0. The van der Waals surface area contributed by atoms with Crippen LogP contribution >= 0.6 is 0 Å². The Morgan fingerprint density at radius 1 is 1.30 bits per heavy atom. The van der Waals surface area contributed by atoms with Crippen molar-refractivity contribution < 1.29 is 17.6 Å². The first-order valence-electron chi connectivity index (χ1n) is 6.80. The smallest absolute Gasteiger partial charge is 0.269 e. The largest absolute Gasteiger partial charge is 0.443 e. The standard InChI is InChI=1S/C13H14N3O5S2/c14-9-13(7-1-2-8-13)10-22(19)15-23(20,21)12-5-3-11(4-6-12)16(17)18/h3-6H,1-2,7-8,10H2/q-1. The molecule has 1 aromatic carbocycles. The molecule has 8 nitrogen and oxygen atoms in total. The molecule has 2 rings (SSSR count). The average Bonchev–Trinajstić information content (AvgIpc) is 2.95. The van der Waals surface area contributed by atoms with Gasteiger partial charge in [0.25, 0.3) is 15.7 Å². The van der Waals surface area contributed by atoms with Crippen molar-refractivity contribution in [2.45, 2.75) is 30.6 Å². The predicted octanol–water partition coefficient (Wildman–Crippen LogP) is 2.51. The molecule has 23 heavy (non-hydrogen) atoms. The molecule has 1 aromatic rings. The van der Waals surface area contributed by atoms with Gasteiger partial charge in [-0.25, -0.2) is 8.42 Å². The van der Waals surface area contributed by atoms with Crippen LogP contribution in [0.2, 0.25) is 0 Å². The molecule has 1 fully saturated rings. The summed E-state index contributed by atoms with van der Waals surface area (Å²) in [5.74, 6) is -0.115. The molecule has 1 saturated carbocycles. The molecule has 0 aromatic heterocycles. The highest BCUT2D eigenvalue weighted by molar-refractivity contribution is 7.96. The predicted molar refractivity (Wildman–Crippen MR) is 82.1 cm³/mol. The molecule has 0 bridgehead atoms. The Balaban J connectivity index is 2.24. The van der Waals surface area contributed by atoms with E-state index in [0.29, 0.717) is 12.8 Å². The minimum Gasteiger partial charge on any atom is -0.443 e. The van der Waals surface area contributed by atoms with Gasteiger partial charge in [-0.15, -0.1) is 0 Å². The van der Waals surface area contributed by atoms with Gasteiger partial charge < -0.3 is 4.21 Å². The van der Waals surface area contributed by atoms with Crippen molar-refractivity contribution in [2.24, 2.45) is 9.18 Å². The first-order valence-corrected chi connectivity index (χ1v) is 9.52. The van der Waals surface area contributed by atoms with E-state index >= 15 is 0 Å². The minimum absolute atomic E-state index is 0.115. The summed E-state index contributed by atoms with van der Waals surface area (Å²) in [5.41, 5.74) is -1.03. The highest BCUT2D eigenvalue weighted by atomic mass is 32.3. The van der Waals surface area contributed by atoms with Crippen molar-refractivity contribution in [1.82, 2.24) is 0 Å². The fourth-order valence-corrected chi connectivity index (χ4v) is 5.23. The number of hydrogen-bond donors (Lipinski definition) is 0. The van der Waals surface area contributed by atoms with E-state index in [4.69, 9.17) is 0 Å². The zero-order valence-corrected chi connectivity index (χ0v) is 13.7. The lowest BCUT2D eigenvalue weighted by atomic mass is 9.91. The van der Waals surface area contributed by atoms with E-state index in [1.165, 1.54) is 0 Å². The van der Waals surface area contributed by atoms with E-state index in [2.05, 4.69) is 9.84 Å². The first-order chi connectivity index (χ1) is 10.8. The van der Waals surface area contributed by atoms with Crippen LogP contribution in [0, 0.1) is 26.9 Å². The van der Waals surface area contributed by atoms with Gasteiger partial charge in [-0.05, 0) is 25.0 Å². The van der Waals surface area contributed by atoms with Crippen LogP contribution in [0.5, 0.6) is 0 Å². The molecular formula is C13H14N3O5S2-. The number of hydrogen-bond acceptors (Lipinski definition) is 7. The molecule has 124 valence electrons. The molecule has 10 heteroatoms. The number of nitro groups is 1. The lowest BCUT2D eigenvalue weighted by Gasteiger charge is -2.21. The number of benzene rings is 1. The van der Waals surface area contributed by atoms with Gasteiger partial charge in [-0.2, -0.15) is 15.9 Å². The number of nitriles is 1. The second-order valence-electron chi connectivity index (χ2n) is 5.37. The number of non-ortho nitro benzene ring substituents is 1. The maximum atomic E-state index is 12.1. The SMILES string of the molecule is N#CC1(C[S-](=O)=NS(=O)(=O)c2ccc([N+](=O)[O-])cc2)CCCC1. The van der Waals surface area contributed by atoms with Crippen molar-refractivity contribution in [3.63, 3.8) is 0 Å². The summed E-state index contributed by atoms with van der Waals surface area (Å²) in [7, 11) is -6.24. The quantitative estimate of drug-likeness (QED) is 0.452. The molecule has 0 amide bonds. The lowest BCUT2D eigenvalue weighted by Crippen LogP contribution is -2.20. The molecule has 0 atom stereocenters. The van der Waals surface area contributed by atoms with E-state index in [1.54, 1.807) is 0 Å². The molecule has 0 radical (unpaired) electrons. The number of nitro benzene ring substituents is 1. The van der Waals surface area contributed by atoms with Gasteiger partial charge in [0.15, 0.2) is 0 Å².